The average Bonchev–Trinajstić information content (AvgIpc) is 2.75. The number of nitrogens with two attached hydrogens (primary N) is 1. The van der Waals surface area contributed by atoms with Crippen molar-refractivity contribution in [3.05, 3.63) is 57.5 Å². The number of carbonyl (C=O) groups excluding carboxylic acids is 1. The zero-order valence-corrected chi connectivity index (χ0v) is 18.1. The van der Waals surface area contributed by atoms with E-state index in [1.165, 1.54) is 12.3 Å². The highest BCUT2D eigenvalue weighted by molar-refractivity contribution is 6.34. The Labute approximate surface area is 193 Å². The number of aliphatic imine (C=N–C) groups is 1. The summed E-state index contributed by atoms with van der Waals surface area (Å²) in [6.07, 6.45) is -2.36. The molecule has 2 aromatic rings. The van der Waals surface area contributed by atoms with Gasteiger partial charge in [-0.15, -0.1) is 10.0 Å². The van der Waals surface area contributed by atoms with Crippen molar-refractivity contribution in [2.24, 2.45) is 10.7 Å². The van der Waals surface area contributed by atoms with Crippen molar-refractivity contribution in [1.82, 2.24) is 10.5 Å². The minimum Gasteiger partial charge on any atom is -0.506 e. The first-order chi connectivity index (χ1) is 15.4. The van der Waals surface area contributed by atoms with Gasteiger partial charge in [-0.3, -0.25) is 4.99 Å². The van der Waals surface area contributed by atoms with Gasteiger partial charge in [0.1, 0.15) is 16.6 Å². The van der Waals surface area contributed by atoms with E-state index in [1.807, 2.05) is 0 Å². The highest BCUT2D eigenvalue weighted by atomic mass is 35.5. The van der Waals surface area contributed by atoms with E-state index in [-0.39, 0.29) is 34.0 Å². The van der Waals surface area contributed by atoms with E-state index in [0.717, 1.165) is 12.4 Å². The molecule has 2 rings (SSSR count). The van der Waals surface area contributed by atoms with Crippen LogP contribution in [0.2, 0.25) is 10.2 Å². The molecule has 1 aromatic heterocycles. The van der Waals surface area contributed by atoms with E-state index >= 15 is 0 Å². The molecule has 4 N–H and O–H groups in total. The van der Waals surface area contributed by atoms with Gasteiger partial charge in [0.25, 0.3) is 0 Å². The van der Waals surface area contributed by atoms with Gasteiger partial charge in [-0.1, -0.05) is 23.2 Å². The predicted molar refractivity (Wildman–Crippen MR) is 112 cm³/mol. The van der Waals surface area contributed by atoms with Crippen LogP contribution in [-0.2, 0) is 10.5 Å². The van der Waals surface area contributed by atoms with E-state index in [4.69, 9.17) is 33.7 Å². The number of aromatic hydroxyl groups is 1. The maximum Gasteiger partial charge on any atom is 0.443 e. The van der Waals surface area contributed by atoms with Crippen molar-refractivity contribution in [3.63, 3.8) is 0 Å². The summed E-state index contributed by atoms with van der Waals surface area (Å²) in [5, 5.41) is 9.28. The van der Waals surface area contributed by atoms with Crippen LogP contribution in [0.1, 0.15) is 28.4 Å². The monoisotopic (exact) mass is 512 g/mol. The lowest BCUT2D eigenvalue weighted by Crippen LogP contribution is -2.46. The summed E-state index contributed by atoms with van der Waals surface area (Å²) in [5.74, 6) is -6.34. The fourth-order valence-corrected chi connectivity index (χ4v) is 2.93. The average molecular weight is 513 g/mol. The number of nitrogens with one attached hydrogen (secondary N) is 1. The second-order valence-electron chi connectivity index (χ2n) is 6.24. The topological polar surface area (TPSA) is 110 Å². The highest BCUT2D eigenvalue weighted by Gasteiger charge is 2.58. The molecule has 1 atom stereocenters. The number of alkyl halides is 4. The van der Waals surface area contributed by atoms with Gasteiger partial charge in [-0.25, -0.2) is 14.2 Å². The van der Waals surface area contributed by atoms with E-state index in [9.17, 15) is 31.9 Å². The fourth-order valence-electron chi connectivity index (χ4n) is 2.49. The number of rotatable bonds is 7. The largest absolute Gasteiger partial charge is 0.506 e. The third-order valence-electron chi connectivity index (χ3n) is 4.14. The number of halogens is 7. The van der Waals surface area contributed by atoms with Gasteiger partial charge in [-0.05, 0) is 25.1 Å². The zero-order chi connectivity index (χ0) is 25.0. The molecule has 0 bridgehead atoms. The molecule has 7 nitrogen and oxygen atoms in total. The lowest BCUT2D eigenvalue weighted by molar-refractivity contribution is -0.264. The van der Waals surface area contributed by atoms with Crippen molar-refractivity contribution in [2.45, 2.75) is 18.9 Å². The maximum absolute atomic E-state index is 14.1. The lowest BCUT2D eigenvalue weighted by Gasteiger charge is -2.25. The molecule has 14 heteroatoms. The standard InChI is InChI=1S/C19H15Cl2F5N4O3/c1-2-33-17(32)12-3-9(7-29-16(12)21)10(6-27)8-28-15-13(20)4-11(5-14(15)31)18(22,30-26)19(23,24)25/h3-8,30-31H,2,27H2,1H3/b10-6+,28-8?. The SMILES string of the molecule is CCOC(=O)c1cc(/C(C=Nc2c(O)cc(C(F)(NF)C(F)(F)F)cc2Cl)=C/N)cnc1Cl. The molecule has 0 aliphatic heterocycles. The van der Waals surface area contributed by atoms with E-state index < -0.39 is 40.0 Å². The Morgan fingerprint density at radius 1 is 1.30 bits per heavy atom. The number of hydrogen-bond acceptors (Lipinski definition) is 7. The number of phenolic OH excluding ortho intramolecular Hbond substituents is 1. The number of nitrogens with zero attached hydrogens (tertiary/aromatic N) is 2. The Hall–Kier alpha value is -2.96. The Balaban J connectivity index is 2.45. The number of pyridine rings is 1. The third kappa shape index (κ3) is 5.52. The molecule has 0 aliphatic carbocycles. The molecule has 0 fully saturated rings. The van der Waals surface area contributed by atoms with Crippen molar-refractivity contribution in [1.29, 1.82) is 0 Å². The van der Waals surface area contributed by atoms with E-state index in [0.29, 0.717) is 12.1 Å². The van der Waals surface area contributed by atoms with Crippen molar-refractivity contribution >= 4 is 46.6 Å². The molecule has 0 saturated heterocycles. The Morgan fingerprint density at radius 3 is 2.48 bits per heavy atom. The van der Waals surface area contributed by atoms with Crippen LogP contribution >= 0.6 is 23.2 Å². The Bertz CT molecular complexity index is 1090. The molecule has 0 saturated carbocycles. The number of carbonyl (C=O) groups is 1. The van der Waals surface area contributed by atoms with Crippen LogP contribution in [0.4, 0.5) is 27.7 Å². The highest BCUT2D eigenvalue weighted by Crippen LogP contribution is 2.45. The van der Waals surface area contributed by atoms with Gasteiger partial charge in [0.05, 0.1) is 17.2 Å². The van der Waals surface area contributed by atoms with Gasteiger partial charge in [0.2, 0.25) is 0 Å². The summed E-state index contributed by atoms with van der Waals surface area (Å²) >= 11 is 11.7. The molecular formula is C19H15Cl2F5N4O3. The second-order valence-corrected chi connectivity index (χ2v) is 7.00. The molecule has 0 aliphatic rings. The van der Waals surface area contributed by atoms with Gasteiger partial charge >= 0.3 is 17.9 Å². The molecule has 178 valence electrons. The van der Waals surface area contributed by atoms with Crippen molar-refractivity contribution in [3.8, 4) is 5.75 Å². The number of allylic oxidation sites excluding steroid dienone is 1. The third-order valence-corrected chi connectivity index (χ3v) is 4.73. The first kappa shape index (κ1) is 26.3. The first-order valence-corrected chi connectivity index (χ1v) is 9.60. The molecule has 1 aromatic carbocycles. The second kappa shape index (κ2) is 10.3. The lowest BCUT2D eigenvalue weighted by atomic mass is 10.0. The minimum atomic E-state index is -5.70. The van der Waals surface area contributed by atoms with Crippen LogP contribution in [-0.4, -0.2) is 35.1 Å². The molecular weight excluding hydrogens is 498 g/mol. The summed E-state index contributed by atoms with van der Waals surface area (Å²) in [6.45, 7) is 1.67. The molecule has 0 spiro atoms. The first-order valence-electron chi connectivity index (χ1n) is 8.85. The van der Waals surface area contributed by atoms with Crippen LogP contribution < -0.4 is 11.3 Å². The molecule has 0 radical (unpaired) electrons. The van der Waals surface area contributed by atoms with E-state index in [1.54, 1.807) is 6.92 Å². The summed E-state index contributed by atoms with van der Waals surface area (Å²) in [5.41, 5.74) is 4.10. The number of phenols is 1. The van der Waals surface area contributed by atoms with Crippen LogP contribution in [0.15, 0.2) is 35.6 Å². The number of ether oxygens (including phenoxy) is 1. The summed E-state index contributed by atoms with van der Waals surface area (Å²) in [6, 6.07) is 2.06. The molecule has 33 heavy (non-hydrogen) atoms. The quantitative estimate of drug-likeness (QED) is 0.118. The van der Waals surface area contributed by atoms with Crippen LogP contribution in [0.5, 0.6) is 5.75 Å². The summed E-state index contributed by atoms with van der Waals surface area (Å²) in [7, 11) is 0. The molecule has 1 unspecified atom stereocenters. The molecule has 0 amide bonds. The van der Waals surface area contributed by atoms with Crippen LogP contribution in [0.25, 0.3) is 5.57 Å². The van der Waals surface area contributed by atoms with Gasteiger partial charge in [0.15, 0.2) is 0 Å². The summed E-state index contributed by atoms with van der Waals surface area (Å²) < 4.78 is 70.4. The summed E-state index contributed by atoms with van der Waals surface area (Å²) in [4.78, 5) is 19.7. The number of aromatic nitrogens is 1. The van der Waals surface area contributed by atoms with Gasteiger partial charge in [0, 0.05) is 35.3 Å². The van der Waals surface area contributed by atoms with Crippen molar-refractivity contribution in [2.75, 3.05) is 6.61 Å². The number of esters is 1. The Morgan fingerprint density at radius 2 is 1.97 bits per heavy atom. The van der Waals surface area contributed by atoms with Gasteiger partial charge < -0.3 is 15.6 Å². The van der Waals surface area contributed by atoms with Crippen LogP contribution in [0.3, 0.4) is 0 Å². The van der Waals surface area contributed by atoms with Crippen LogP contribution in [0, 0.1) is 0 Å². The normalized spacial score (nSPS) is 14.4. The van der Waals surface area contributed by atoms with E-state index in [2.05, 4.69) is 9.98 Å². The smallest absolute Gasteiger partial charge is 0.443 e. The predicted octanol–water partition coefficient (Wildman–Crippen LogP) is 5.13. The Kier molecular flexibility index (Phi) is 8.22. The zero-order valence-electron chi connectivity index (χ0n) is 16.6. The maximum atomic E-state index is 14.1. The molecule has 1 heterocycles. The minimum absolute atomic E-state index is 0.0364. The number of hydrogen-bond donors (Lipinski definition) is 3. The number of benzene rings is 1. The van der Waals surface area contributed by atoms with Crippen molar-refractivity contribution < 1.29 is 36.7 Å². The fraction of sp³-hybridized carbons (Fsp3) is 0.211. The van der Waals surface area contributed by atoms with Gasteiger partial charge in [-0.2, -0.15) is 13.2 Å².